The van der Waals surface area contributed by atoms with Crippen LogP contribution < -0.4 is 5.32 Å². The van der Waals surface area contributed by atoms with Crippen LogP contribution in [0.5, 0.6) is 0 Å². The highest BCUT2D eigenvalue weighted by Gasteiger charge is 2.16. The highest BCUT2D eigenvalue weighted by molar-refractivity contribution is 5.89. The monoisotopic (exact) mass is 403 g/mol. The molecule has 2 amide bonds. The zero-order valence-electron chi connectivity index (χ0n) is 18.2. The molecule has 0 aliphatic carbocycles. The molecule has 1 heterocycles. The number of nitrogens with zero attached hydrogens (tertiary/aromatic N) is 2. The van der Waals surface area contributed by atoms with E-state index in [4.69, 9.17) is 0 Å². The topological polar surface area (TPSA) is 37.3 Å². The molecule has 0 atom stereocenters. The van der Waals surface area contributed by atoms with Gasteiger partial charge in [-0.25, -0.2) is 4.79 Å². The van der Waals surface area contributed by atoms with Crippen molar-refractivity contribution in [2.45, 2.75) is 52.6 Å². The van der Waals surface area contributed by atoms with Crippen molar-refractivity contribution in [2.75, 3.05) is 11.9 Å². The first kappa shape index (κ1) is 21.7. The van der Waals surface area contributed by atoms with Gasteiger partial charge in [-0.15, -0.1) is 0 Å². The lowest BCUT2D eigenvalue weighted by molar-refractivity contribution is 0.206. The number of aryl methyl sites for hydroxylation is 1. The van der Waals surface area contributed by atoms with Crippen LogP contribution in [0.25, 0.3) is 0 Å². The summed E-state index contributed by atoms with van der Waals surface area (Å²) < 4.78 is 2.23. The maximum absolute atomic E-state index is 13.1. The predicted octanol–water partition coefficient (Wildman–Crippen LogP) is 6.32. The zero-order valence-corrected chi connectivity index (χ0v) is 18.2. The molecule has 0 fully saturated rings. The summed E-state index contributed by atoms with van der Waals surface area (Å²) in [5, 5.41) is 3.08. The first-order chi connectivity index (χ1) is 14.7. The Morgan fingerprint density at radius 2 is 1.67 bits per heavy atom. The van der Waals surface area contributed by atoms with Gasteiger partial charge in [0, 0.05) is 30.7 Å². The van der Waals surface area contributed by atoms with Gasteiger partial charge in [0.05, 0.1) is 6.54 Å². The number of aromatic nitrogens is 1. The molecule has 3 aromatic rings. The summed E-state index contributed by atoms with van der Waals surface area (Å²) in [6.45, 7) is 6.48. The first-order valence-electron chi connectivity index (χ1n) is 11.0. The minimum Gasteiger partial charge on any atom is -0.345 e. The van der Waals surface area contributed by atoms with Gasteiger partial charge in [-0.05, 0) is 48.2 Å². The van der Waals surface area contributed by atoms with Crippen LogP contribution in [0, 0.1) is 0 Å². The molecule has 4 heteroatoms. The fourth-order valence-electron chi connectivity index (χ4n) is 3.55. The minimum absolute atomic E-state index is 0.0391. The highest BCUT2D eigenvalue weighted by Crippen LogP contribution is 2.15. The number of benzene rings is 2. The van der Waals surface area contributed by atoms with Crippen molar-refractivity contribution in [2.24, 2.45) is 0 Å². The van der Waals surface area contributed by atoms with Crippen molar-refractivity contribution in [3.63, 3.8) is 0 Å². The first-order valence-corrected chi connectivity index (χ1v) is 11.0. The minimum atomic E-state index is -0.0391. The molecule has 1 N–H and O–H groups in total. The standard InChI is InChI=1S/C26H33N3O/c1-3-5-9-18-29(26(30)27-24-16-14-22(4-2)15-17-24)21-25-13-10-19-28(25)20-23-11-7-6-8-12-23/h6-8,10-17,19H,3-5,9,18,20-21H2,1-2H3,(H,27,30). The van der Waals surface area contributed by atoms with Gasteiger partial charge in [0.1, 0.15) is 0 Å². The molecule has 0 aliphatic heterocycles. The van der Waals surface area contributed by atoms with Crippen LogP contribution >= 0.6 is 0 Å². The second-order valence-electron chi connectivity index (χ2n) is 7.72. The summed E-state index contributed by atoms with van der Waals surface area (Å²) >= 11 is 0. The van der Waals surface area contributed by atoms with Crippen LogP contribution in [0.3, 0.4) is 0 Å². The van der Waals surface area contributed by atoms with E-state index in [9.17, 15) is 4.79 Å². The summed E-state index contributed by atoms with van der Waals surface area (Å²) in [5.74, 6) is 0. The zero-order chi connectivity index (χ0) is 21.2. The number of nitrogens with one attached hydrogen (secondary N) is 1. The Morgan fingerprint density at radius 3 is 2.37 bits per heavy atom. The second kappa shape index (κ2) is 11.2. The largest absolute Gasteiger partial charge is 0.345 e. The average Bonchev–Trinajstić information content (AvgIpc) is 3.21. The summed E-state index contributed by atoms with van der Waals surface area (Å²) in [5.41, 5.74) is 4.52. The van der Waals surface area contributed by atoms with Crippen LogP contribution in [0.2, 0.25) is 0 Å². The highest BCUT2D eigenvalue weighted by atomic mass is 16.2. The molecule has 0 radical (unpaired) electrons. The lowest BCUT2D eigenvalue weighted by Gasteiger charge is -2.24. The third-order valence-electron chi connectivity index (χ3n) is 5.40. The molecule has 0 saturated heterocycles. The van der Waals surface area contributed by atoms with Gasteiger partial charge in [-0.3, -0.25) is 0 Å². The molecule has 4 nitrogen and oxygen atoms in total. The lowest BCUT2D eigenvalue weighted by Crippen LogP contribution is -2.36. The van der Waals surface area contributed by atoms with E-state index in [1.807, 2.05) is 23.1 Å². The number of rotatable bonds is 10. The van der Waals surface area contributed by atoms with E-state index in [1.165, 1.54) is 11.1 Å². The summed E-state index contributed by atoms with van der Waals surface area (Å²) in [6.07, 6.45) is 6.36. The summed E-state index contributed by atoms with van der Waals surface area (Å²) in [4.78, 5) is 15.0. The number of urea groups is 1. The number of carbonyl (C=O) groups excluding carboxylic acids is 1. The fraction of sp³-hybridized carbons (Fsp3) is 0.346. The normalized spacial score (nSPS) is 10.7. The van der Waals surface area contributed by atoms with Crippen molar-refractivity contribution in [3.05, 3.63) is 89.7 Å². The van der Waals surface area contributed by atoms with Crippen molar-refractivity contribution in [3.8, 4) is 0 Å². The van der Waals surface area contributed by atoms with Gasteiger partial charge in [0.2, 0.25) is 0 Å². The smallest absolute Gasteiger partial charge is 0.322 e. The molecule has 2 aromatic carbocycles. The second-order valence-corrected chi connectivity index (χ2v) is 7.72. The molecule has 0 unspecified atom stereocenters. The van der Waals surface area contributed by atoms with Gasteiger partial charge in [-0.1, -0.05) is 69.2 Å². The summed E-state index contributed by atoms with van der Waals surface area (Å²) in [6, 6.07) is 22.7. The van der Waals surface area contributed by atoms with E-state index in [0.717, 1.165) is 50.2 Å². The van der Waals surface area contributed by atoms with Crippen LogP contribution in [0.15, 0.2) is 72.9 Å². The number of hydrogen-bond acceptors (Lipinski definition) is 1. The van der Waals surface area contributed by atoms with Crippen LogP contribution in [0.4, 0.5) is 10.5 Å². The molecule has 3 rings (SSSR count). The Hall–Kier alpha value is -3.01. The molecule has 1 aromatic heterocycles. The van der Waals surface area contributed by atoms with E-state index in [2.05, 4.69) is 78.5 Å². The number of hydrogen-bond donors (Lipinski definition) is 1. The molecule has 0 aliphatic rings. The maximum Gasteiger partial charge on any atom is 0.322 e. The van der Waals surface area contributed by atoms with Crippen molar-refractivity contribution < 1.29 is 4.79 Å². The SMILES string of the molecule is CCCCCN(Cc1cccn1Cc1ccccc1)C(=O)Nc1ccc(CC)cc1. The van der Waals surface area contributed by atoms with Crippen molar-refractivity contribution in [1.82, 2.24) is 9.47 Å². The van der Waals surface area contributed by atoms with Crippen LogP contribution in [-0.2, 0) is 19.5 Å². The molecule has 158 valence electrons. The van der Waals surface area contributed by atoms with E-state index in [-0.39, 0.29) is 6.03 Å². The van der Waals surface area contributed by atoms with Crippen molar-refractivity contribution in [1.29, 1.82) is 0 Å². The van der Waals surface area contributed by atoms with Crippen molar-refractivity contribution >= 4 is 11.7 Å². The molecule has 30 heavy (non-hydrogen) atoms. The third-order valence-corrected chi connectivity index (χ3v) is 5.40. The number of carbonyl (C=O) groups is 1. The van der Waals surface area contributed by atoms with E-state index in [1.54, 1.807) is 0 Å². The Morgan fingerprint density at radius 1 is 0.900 bits per heavy atom. The maximum atomic E-state index is 13.1. The number of anilines is 1. The molecular formula is C26H33N3O. The summed E-state index contributed by atoms with van der Waals surface area (Å²) in [7, 11) is 0. The Kier molecular flexibility index (Phi) is 8.13. The number of unbranched alkanes of at least 4 members (excludes halogenated alkanes) is 2. The number of amides is 2. The molecule has 0 bridgehead atoms. The van der Waals surface area contributed by atoms with Gasteiger partial charge in [-0.2, -0.15) is 0 Å². The Balaban J connectivity index is 1.70. The van der Waals surface area contributed by atoms with E-state index >= 15 is 0 Å². The van der Waals surface area contributed by atoms with E-state index in [0.29, 0.717) is 6.54 Å². The van der Waals surface area contributed by atoms with E-state index < -0.39 is 0 Å². The molecular weight excluding hydrogens is 370 g/mol. The predicted molar refractivity (Wildman–Crippen MR) is 125 cm³/mol. The molecule has 0 saturated carbocycles. The third kappa shape index (κ3) is 6.24. The lowest BCUT2D eigenvalue weighted by atomic mass is 10.1. The Labute approximate surface area is 180 Å². The van der Waals surface area contributed by atoms with Gasteiger partial charge >= 0.3 is 6.03 Å². The Bertz CT molecular complexity index is 900. The van der Waals surface area contributed by atoms with Gasteiger partial charge in [0.25, 0.3) is 0 Å². The molecule has 0 spiro atoms. The fourth-order valence-corrected chi connectivity index (χ4v) is 3.55. The van der Waals surface area contributed by atoms with Gasteiger partial charge in [0.15, 0.2) is 0 Å². The van der Waals surface area contributed by atoms with Gasteiger partial charge < -0.3 is 14.8 Å². The van der Waals surface area contributed by atoms with Crippen LogP contribution in [-0.4, -0.2) is 22.0 Å². The van der Waals surface area contributed by atoms with Crippen LogP contribution in [0.1, 0.15) is 49.9 Å². The quantitative estimate of drug-likeness (QED) is 0.395. The average molecular weight is 404 g/mol.